The molecule has 1 aromatic carbocycles. The Balaban J connectivity index is 1.21. The topological polar surface area (TPSA) is 82.2 Å². The Morgan fingerprint density at radius 1 is 1.07 bits per heavy atom. The van der Waals surface area contributed by atoms with Crippen molar-refractivity contribution in [3.8, 4) is 5.69 Å². The van der Waals surface area contributed by atoms with Crippen molar-refractivity contribution < 1.29 is 14.3 Å². The number of carbonyl (C=O) groups excluding carboxylic acids is 2. The van der Waals surface area contributed by atoms with Gasteiger partial charge in [-0.3, -0.25) is 9.59 Å². The lowest BCUT2D eigenvalue weighted by Crippen LogP contribution is -2.45. The van der Waals surface area contributed by atoms with Crippen molar-refractivity contribution in [1.29, 1.82) is 0 Å². The smallest absolute Gasteiger partial charge is 0.312 e. The molecule has 0 saturated carbocycles. The van der Waals surface area contributed by atoms with Gasteiger partial charge < -0.3 is 18.8 Å². The van der Waals surface area contributed by atoms with Crippen LogP contribution in [0.2, 0.25) is 0 Å². The highest BCUT2D eigenvalue weighted by molar-refractivity contribution is 5.94. The normalized spacial score (nSPS) is 20.5. The van der Waals surface area contributed by atoms with Crippen LogP contribution in [-0.2, 0) is 16.1 Å². The van der Waals surface area contributed by atoms with Crippen LogP contribution < -0.4 is 0 Å². The number of nitrogens with zero attached hydrogens (tertiary/aromatic N) is 5. The second kappa shape index (κ2) is 7.44. The number of rotatable bonds is 4. The molecule has 1 unspecified atom stereocenters. The molecule has 8 nitrogen and oxygen atoms in total. The molecule has 1 atom stereocenters. The van der Waals surface area contributed by atoms with E-state index < -0.39 is 5.41 Å². The number of amides is 1. The minimum Gasteiger partial charge on any atom is -0.460 e. The van der Waals surface area contributed by atoms with Gasteiger partial charge in [-0.25, -0.2) is 9.97 Å². The Kier molecular flexibility index (Phi) is 4.61. The van der Waals surface area contributed by atoms with Crippen LogP contribution in [0.4, 0.5) is 0 Å². The third kappa shape index (κ3) is 3.38. The van der Waals surface area contributed by atoms with E-state index in [4.69, 9.17) is 4.74 Å². The first-order valence-electron chi connectivity index (χ1n) is 10.2. The van der Waals surface area contributed by atoms with Crippen LogP contribution in [0.3, 0.4) is 0 Å². The molecule has 3 aromatic rings. The zero-order chi connectivity index (χ0) is 20.6. The second-order valence-corrected chi connectivity index (χ2v) is 8.08. The molecule has 154 valence electrons. The number of ether oxygens (including phenoxy) is 1. The van der Waals surface area contributed by atoms with Gasteiger partial charge in [0.25, 0.3) is 5.91 Å². The highest BCUT2D eigenvalue weighted by Crippen LogP contribution is 2.43. The van der Waals surface area contributed by atoms with Crippen molar-refractivity contribution in [2.45, 2.75) is 31.9 Å². The highest BCUT2D eigenvalue weighted by Gasteiger charge is 2.50. The van der Waals surface area contributed by atoms with Crippen LogP contribution in [0.25, 0.3) is 5.69 Å². The molecule has 2 fully saturated rings. The fourth-order valence-electron chi connectivity index (χ4n) is 4.49. The fourth-order valence-corrected chi connectivity index (χ4v) is 4.49. The standard InChI is InChI=1S/C22H23N5O3/c28-20(17-1-3-18(4-2-17)27-12-8-24-16-27)26-9-5-22(6-10-26)13-19(30-21(22)29)14-25-11-7-23-15-25/h1-4,7-8,11-12,15-16,19H,5-6,9-10,13-14H2. The molecule has 0 radical (unpaired) electrons. The van der Waals surface area contributed by atoms with Gasteiger partial charge in [0.1, 0.15) is 6.10 Å². The van der Waals surface area contributed by atoms with Crippen LogP contribution in [0.5, 0.6) is 0 Å². The summed E-state index contributed by atoms with van der Waals surface area (Å²) in [6.07, 6.45) is 12.5. The van der Waals surface area contributed by atoms with E-state index in [-0.39, 0.29) is 18.0 Å². The number of imidazole rings is 2. The number of aromatic nitrogens is 4. The molecule has 5 rings (SSSR count). The van der Waals surface area contributed by atoms with Gasteiger partial charge in [0.15, 0.2) is 0 Å². The molecule has 8 heteroatoms. The minimum atomic E-state index is -0.465. The third-order valence-electron chi connectivity index (χ3n) is 6.22. The van der Waals surface area contributed by atoms with Crippen molar-refractivity contribution in [1.82, 2.24) is 24.0 Å². The van der Waals surface area contributed by atoms with E-state index in [1.54, 1.807) is 25.0 Å². The highest BCUT2D eigenvalue weighted by atomic mass is 16.6. The lowest BCUT2D eigenvalue weighted by Gasteiger charge is -2.36. The van der Waals surface area contributed by atoms with Crippen LogP contribution in [-0.4, -0.2) is 55.1 Å². The van der Waals surface area contributed by atoms with Gasteiger partial charge in [0, 0.05) is 55.5 Å². The van der Waals surface area contributed by atoms with Gasteiger partial charge in [-0.05, 0) is 37.1 Å². The predicted octanol–water partition coefficient (Wildman–Crippen LogP) is 2.31. The number of hydrogen-bond donors (Lipinski definition) is 0. The number of piperidine rings is 1. The van der Waals surface area contributed by atoms with Crippen molar-refractivity contribution in [2.24, 2.45) is 5.41 Å². The summed E-state index contributed by atoms with van der Waals surface area (Å²) in [7, 11) is 0. The number of likely N-dealkylation sites (tertiary alicyclic amines) is 1. The summed E-state index contributed by atoms with van der Waals surface area (Å²) in [5.74, 6) is -0.118. The van der Waals surface area contributed by atoms with Crippen molar-refractivity contribution in [3.63, 3.8) is 0 Å². The van der Waals surface area contributed by atoms with Crippen molar-refractivity contribution in [3.05, 3.63) is 67.3 Å². The fraction of sp³-hybridized carbons (Fsp3) is 0.364. The van der Waals surface area contributed by atoms with Gasteiger partial charge in [-0.15, -0.1) is 0 Å². The zero-order valence-electron chi connectivity index (χ0n) is 16.6. The van der Waals surface area contributed by atoms with E-state index in [1.807, 2.05) is 50.7 Å². The molecule has 1 amide bonds. The summed E-state index contributed by atoms with van der Waals surface area (Å²) in [5, 5.41) is 0. The average molecular weight is 405 g/mol. The van der Waals surface area contributed by atoms with Gasteiger partial charge in [-0.2, -0.15) is 0 Å². The monoisotopic (exact) mass is 405 g/mol. The van der Waals surface area contributed by atoms with E-state index >= 15 is 0 Å². The first-order chi connectivity index (χ1) is 14.6. The lowest BCUT2D eigenvalue weighted by molar-refractivity contribution is -0.150. The first kappa shape index (κ1) is 18.6. The Bertz CT molecular complexity index is 1020. The van der Waals surface area contributed by atoms with Crippen LogP contribution in [0.15, 0.2) is 61.7 Å². The van der Waals surface area contributed by atoms with Crippen LogP contribution >= 0.6 is 0 Å². The zero-order valence-corrected chi connectivity index (χ0v) is 16.6. The molecule has 1 spiro atoms. The summed E-state index contributed by atoms with van der Waals surface area (Å²) < 4.78 is 9.49. The SMILES string of the molecule is O=C(c1ccc(-n2ccnc2)cc1)N1CCC2(CC1)CC(Cn1ccnc1)OC2=O. The molecule has 0 bridgehead atoms. The van der Waals surface area contributed by atoms with Crippen molar-refractivity contribution in [2.75, 3.05) is 13.1 Å². The predicted molar refractivity (Wildman–Crippen MR) is 108 cm³/mol. The van der Waals surface area contributed by atoms with E-state index in [0.29, 0.717) is 44.5 Å². The van der Waals surface area contributed by atoms with Gasteiger partial charge in [-0.1, -0.05) is 0 Å². The maximum absolute atomic E-state index is 12.9. The average Bonchev–Trinajstić information content (AvgIpc) is 3.52. The van der Waals surface area contributed by atoms with E-state index in [0.717, 1.165) is 5.69 Å². The minimum absolute atomic E-state index is 0.00311. The number of cyclic esters (lactones) is 1. The largest absolute Gasteiger partial charge is 0.460 e. The first-order valence-corrected chi connectivity index (χ1v) is 10.2. The van der Waals surface area contributed by atoms with Crippen LogP contribution in [0, 0.1) is 5.41 Å². The Morgan fingerprint density at radius 2 is 1.80 bits per heavy atom. The molecule has 2 aliphatic rings. The van der Waals surface area contributed by atoms with E-state index in [1.165, 1.54) is 0 Å². The number of hydrogen-bond acceptors (Lipinski definition) is 5. The molecule has 0 N–H and O–H groups in total. The summed E-state index contributed by atoms with van der Waals surface area (Å²) in [4.78, 5) is 35.5. The Labute approximate surface area is 174 Å². The maximum Gasteiger partial charge on any atom is 0.312 e. The summed E-state index contributed by atoms with van der Waals surface area (Å²) >= 11 is 0. The van der Waals surface area contributed by atoms with Crippen LogP contribution in [0.1, 0.15) is 29.6 Å². The molecular weight excluding hydrogens is 382 g/mol. The van der Waals surface area contributed by atoms with Gasteiger partial charge >= 0.3 is 5.97 Å². The summed E-state index contributed by atoms with van der Waals surface area (Å²) in [5.41, 5.74) is 1.15. The molecule has 30 heavy (non-hydrogen) atoms. The maximum atomic E-state index is 12.9. The van der Waals surface area contributed by atoms with E-state index in [9.17, 15) is 9.59 Å². The summed E-state index contributed by atoms with van der Waals surface area (Å²) in [6, 6.07) is 7.50. The Morgan fingerprint density at radius 3 is 2.47 bits per heavy atom. The second-order valence-electron chi connectivity index (χ2n) is 8.08. The number of esters is 1. The number of carbonyl (C=O) groups is 2. The Hall–Kier alpha value is -3.42. The molecule has 2 saturated heterocycles. The summed E-state index contributed by atoms with van der Waals surface area (Å²) in [6.45, 7) is 1.75. The van der Waals surface area contributed by atoms with Gasteiger partial charge in [0.2, 0.25) is 0 Å². The lowest BCUT2D eigenvalue weighted by atomic mass is 9.76. The molecular formula is C22H23N5O3. The van der Waals surface area contributed by atoms with Crippen molar-refractivity contribution >= 4 is 11.9 Å². The van der Waals surface area contributed by atoms with E-state index in [2.05, 4.69) is 9.97 Å². The molecule has 2 aromatic heterocycles. The third-order valence-corrected chi connectivity index (χ3v) is 6.22. The molecule has 0 aliphatic carbocycles. The van der Waals surface area contributed by atoms with Gasteiger partial charge in [0.05, 0.1) is 24.6 Å². The number of benzene rings is 1. The molecule has 4 heterocycles. The molecule has 2 aliphatic heterocycles. The quantitative estimate of drug-likeness (QED) is 0.622.